The molecule has 3 N–H and O–H groups in total. The van der Waals surface area contributed by atoms with E-state index in [1.165, 1.54) is 5.56 Å². The van der Waals surface area contributed by atoms with Gasteiger partial charge in [-0.3, -0.25) is 4.90 Å². The lowest BCUT2D eigenvalue weighted by atomic mass is 9.93. The minimum absolute atomic E-state index is 0.0597. The molecule has 0 radical (unpaired) electrons. The first-order chi connectivity index (χ1) is 12.1. The second-order valence-corrected chi connectivity index (χ2v) is 7.73. The molecule has 5 heteroatoms. The van der Waals surface area contributed by atoms with Crippen molar-refractivity contribution in [3.8, 4) is 0 Å². The van der Waals surface area contributed by atoms with Gasteiger partial charge in [0, 0.05) is 31.7 Å². The van der Waals surface area contributed by atoms with Crippen LogP contribution in [0.15, 0.2) is 30.3 Å². The molecule has 0 spiro atoms. The third-order valence-corrected chi connectivity index (χ3v) is 5.60. The molecule has 2 atom stereocenters. The molecule has 138 valence electrons. The van der Waals surface area contributed by atoms with Crippen molar-refractivity contribution in [1.29, 1.82) is 0 Å². The van der Waals surface area contributed by atoms with E-state index in [4.69, 9.17) is 0 Å². The van der Waals surface area contributed by atoms with E-state index >= 15 is 0 Å². The summed E-state index contributed by atoms with van der Waals surface area (Å²) < 4.78 is 0. The SMILES string of the molecule is CC1CC(CNC(=O)NC2CCC(O)CC2)CN1Cc1ccccc1. The minimum atomic E-state index is -0.184. The largest absolute Gasteiger partial charge is 0.393 e. The Morgan fingerprint density at radius 1 is 1.20 bits per heavy atom. The summed E-state index contributed by atoms with van der Waals surface area (Å²) in [5.41, 5.74) is 1.35. The van der Waals surface area contributed by atoms with Crippen LogP contribution in [-0.4, -0.2) is 47.3 Å². The monoisotopic (exact) mass is 345 g/mol. The van der Waals surface area contributed by atoms with Gasteiger partial charge in [0.05, 0.1) is 6.10 Å². The van der Waals surface area contributed by atoms with Gasteiger partial charge in [-0.15, -0.1) is 0 Å². The topological polar surface area (TPSA) is 64.6 Å². The highest BCUT2D eigenvalue weighted by atomic mass is 16.3. The van der Waals surface area contributed by atoms with Gasteiger partial charge in [-0.05, 0) is 50.5 Å². The van der Waals surface area contributed by atoms with Crippen LogP contribution in [0.2, 0.25) is 0 Å². The predicted octanol–water partition coefficient (Wildman–Crippen LogP) is 2.50. The van der Waals surface area contributed by atoms with Gasteiger partial charge in [0.2, 0.25) is 0 Å². The fourth-order valence-electron chi connectivity index (χ4n) is 4.10. The second-order valence-electron chi connectivity index (χ2n) is 7.73. The Bertz CT molecular complexity index is 543. The van der Waals surface area contributed by atoms with E-state index < -0.39 is 0 Å². The zero-order valence-electron chi connectivity index (χ0n) is 15.2. The second kappa shape index (κ2) is 8.68. The van der Waals surface area contributed by atoms with Crippen molar-refractivity contribution in [2.24, 2.45) is 5.92 Å². The number of rotatable bonds is 5. The summed E-state index contributed by atoms with van der Waals surface area (Å²) in [4.78, 5) is 14.6. The van der Waals surface area contributed by atoms with Crippen molar-refractivity contribution in [2.75, 3.05) is 13.1 Å². The number of nitrogens with zero attached hydrogens (tertiary/aromatic N) is 1. The molecule has 5 nitrogen and oxygen atoms in total. The Labute approximate surface area is 150 Å². The minimum Gasteiger partial charge on any atom is -0.393 e. The highest BCUT2D eigenvalue weighted by molar-refractivity contribution is 5.74. The van der Waals surface area contributed by atoms with Crippen LogP contribution in [0.5, 0.6) is 0 Å². The number of carbonyl (C=O) groups excluding carboxylic acids is 1. The van der Waals surface area contributed by atoms with E-state index in [9.17, 15) is 9.90 Å². The van der Waals surface area contributed by atoms with E-state index in [-0.39, 0.29) is 18.2 Å². The summed E-state index contributed by atoms with van der Waals surface area (Å²) in [6, 6.07) is 11.3. The predicted molar refractivity (Wildman–Crippen MR) is 99.2 cm³/mol. The lowest BCUT2D eigenvalue weighted by Gasteiger charge is -2.26. The number of urea groups is 1. The van der Waals surface area contributed by atoms with Crippen LogP contribution in [-0.2, 0) is 6.54 Å². The van der Waals surface area contributed by atoms with Gasteiger partial charge in [0.25, 0.3) is 0 Å². The molecule has 1 saturated heterocycles. The average Bonchev–Trinajstić information content (AvgIpc) is 2.96. The van der Waals surface area contributed by atoms with Crippen LogP contribution < -0.4 is 10.6 Å². The fraction of sp³-hybridized carbons (Fsp3) is 0.650. The average molecular weight is 345 g/mol. The van der Waals surface area contributed by atoms with Gasteiger partial charge < -0.3 is 15.7 Å². The maximum absolute atomic E-state index is 12.1. The summed E-state index contributed by atoms with van der Waals surface area (Å²) in [6.07, 6.45) is 4.28. The smallest absolute Gasteiger partial charge is 0.315 e. The van der Waals surface area contributed by atoms with E-state index in [2.05, 4.69) is 52.8 Å². The number of benzene rings is 1. The Morgan fingerprint density at radius 2 is 1.92 bits per heavy atom. The van der Waals surface area contributed by atoms with Crippen LogP contribution in [0.1, 0.15) is 44.6 Å². The van der Waals surface area contributed by atoms with Gasteiger partial charge in [0.1, 0.15) is 0 Å². The van der Waals surface area contributed by atoms with Crippen LogP contribution in [0, 0.1) is 5.92 Å². The van der Waals surface area contributed by atoms with E-state index in [1.54, 1.807) is 0 Å². The number of carbonyl (C=O) groups is 1. The quantitative estimate of drug-likeness (QED) is 0.768. The molecule has 1 heterocycles. The first kappa shape index (κ1) is 18.2. The number of amides is 2. The molecule has 2 fully saturated rings. The van der Waals surface area contributed by atoms with Gasteiger partial charge >= 0.3 is 6.03 Å². The van der Waals surface area contributed by atoms with Crippen molar-refractivity contribution < 1.29 is 9.90 Å². The summed E-state index contributed by atoms with van der Waals surface area (Å²) in [5.74, 6) is 0.512. The van der Waals surface area contributed by atoms with E-state index in [0.29, 0.717) is 12.0 Å². The number of hydrogen-bond donors (Lipinski definition) is 3. The summed E-state index contributed by atoms with van der Waals surface area (Å²) in [6.45, 7) is 5.02. The molecule has 2 unspecified atom stereocenters. The zero-order chi connectivity index (χ0) is 17.6. The Kier molecular flexibility index (Phi) is 6.32. The van der Waals surface area contributed by atoms with Crippen molar-refractivity contribution >= 4 is 6.03 Å². The zero-order valence-corrected chi connectivity index (χ0v) is 15.2. The van der Waals surface area contributed by atoms with Gasteiger partial charge in [-0.1, -0.05) is 30.3 Å². The number of aliphatic hydroxyl groups excluding tert-OH is 1. The van der Waals surface area contributed by atoms with Crippen LogP contribution in [0.25, 0.3) is 0 Å². The van der Waals surface area contributed by atoms with Crippen molar-refractivity contribution in [3.63, 3.8) is 0 Å². The Hall–Kier alpha value is -1.59. The first-order valence-electron chi connectivity index (χ1n) is 9.60. The first-order valence-corrected chi connectivity index (χ1v) is 9.60. The lowest BCUT2D eigenvalue weighted by molar-refractivity contribution is 0.117. The molecule has 1 saturated carbocycles. The Balaban J connectivity index is 1.38. The number of nitrogens with one attached hydrogen (secondary N) is 2. The molecular weight excluding hydrogens is 314 g/mol. The lowest BCUT2D eigenvalue weighted by Crippen LogP contribution is -2.45. The molecule has 25 heavy (non-hydrogen) atoms. The van der Waals surface area contributed by atoms with Gasteiger partial charge in [0.15, 0.2) is 0 Å². The highest BCUT2D eigenvalue weighted by Crippen LogP contribution is 2.24. The molecule has 0 aromatic heterocycles. The maximum Gasteiger partial charge on any atom is 0.315 e. The van der Waals surface area contributed by atoms with E-state index in [1.807, 2.05) is 0 Å². The third kappa shape index (κ3) is 5.44. The molecule has 2 aliphatic rings. The molecule has 1 aliphatic carbocycles. The molecule has 3 rings (SSSR count). The van der Waals surface area contributed by atoms with Crippen LogP contribution in [0.3, 0.4) is 0 Å². The normalized spacial score (nSPS) is 30.2. The maximum atomic E-state index is 12.1. The molecule has 0 bridgehead atoms. The molecule has 2 amide bonds. The van der Waals surface area contributed by atoms with Crippen molar-refractivity contribution in [2.45, 2.75) is 63.8 Å². The summed E-state index contributed by atoms with van der Waals surface area (Å²) in [5, 5.41) is 15.6. The number of hydrogen-bond acceptors (Lipinski definition) is 3. The molecular formula is C20H31N3O2. The van der Waals surface area contributed by atoms with Gasteiger partial charge in [-0.25, -0.2) is 4.79 Å². The summed E-state index contributed by atoms with van der Waals surface area (Å²) in [7, 11) is 0. The third-order valence-electron chi connectivity index (χ3n) is 5.60. The standard InChI is InChI=1S/C20H31N3O2/c1-15-11-17(14-23(15)13-16-5-3-2-4-6-16)12-21-20(25)22-18-7-9-19(24)10-8-18/h2-6,15,17-19,24H,7-14H2,1H3,(H2,21,22,25). The molecule has 1 aliphatic heterocycles. The number of aliphatic hydroxyl groups is 1. The van der Waals surface area contributed by atoms with Crippen LogP contribution in [0.4, 0.5) is 4.79 Å². The van der Waals surface area contributed by atoms with Crippen molar-refractivity contribution in [1.82, 2.24) is 15.5 Å². The van der Waals surface area contributed by atoms with Gasteiger partial charge in [-0.2, -0.15) is 0 Å². The van der Waals surface area contributed by atoms with Crippen LogP contribution >= 0.6 is 0 Å². The van der Waals surface area contributed by atoms with Crippen molar-refractivity contribution in [3.05, 3.63) is 35.9 Å². The highest BCUT2D eigenvalue weighted by Gasteiger charge is 2.29. The fourth-order valence-corrected chi connectivity index (χ4v) is 4.10. The molecule has 1 aromatic rings. The molecule has 1 aromatic carbocycles. The number of likely N-dealkylation sites (tertiary alicyclic amines) is 1. The van der Waals surface area contributed by atoms with E-state index in [0.717, 1.165) is 51.7 Å². The Morgan fingerprint density at radius 3 is 2.64 bits per heavy atom. The summed E-state index contributed by atoms with van der Waals surface area (Å²) >= 11 is 0.